The summed E-state index contributed by atoms with van der Waals surface area (Å²) in [6.45, 7) is 3.66. The summed E-state index contributed by atoms with van der Waals surface area (Å²) in [4.78, 5) is 10.3. The van der Waals surface area contributed by atoms with Crippen molar-refractivity contribution in [1.29, 1.82) is 0 Å². The molecule has 0 saturated carbocycles. The van der Waals surface area contributed by atoms with Gasteiger partial charge in [0, 0.05) is 17.7 Å². The summed E-state index contributed by atoms with van der Waals surface area (Å²) in [7, 11) is -4.20. The normalized spacial score (nSPS) is 11.5. The molecule has 0 radical (unpaired) electrons. The second-order valence-corrected chi connectivity index (χ2v) is 9.97. The number of rotatable bonds is 8. The molecule has 2 N–H and O–H groups in total. The first-order valence-corrected chi connectivity index (χ1v) is 12.5. The molecule has 9 nitrogen and oxygen atoms in total. The zero-order valence-corrected chi connectivity index (χ0v) is 20.8. The van der Waals surface area contributed by atoms with Crippen molar-refractivity contribution >= 4 is 44.9 Å². The minimum absolute atomic E-state index is 0.0481. The highest BCUT2D eigenvalue weighted by atomic mass is 35.5. The van der Waals surface area contributed by atoms with Crippen LogP contribution < -0.4 is 10.1 Å². The molecule has 0 spiro atoms. The van der Waals surface area contributed by atoms with E-state index >= 15 is 0 Å². The Hall–Kier alpha value is -4.15. The average molecular weight is 525 g/mol. The molecule has 184 valence electrons. The predicted octanol–water partition coefficient (Wildman–Crippen LogP) is 6.37. The number of nitro groups is 1. The first-order chi connectivity index (χ1) is 17.1. The molecule has 4 aromatic rings. The topological polar surface area (TPSA) is 127 Å². The van der Waals surface area contributed by atoms with Crippen molar-refractivity contribution < 1.29 is 17.8 Å². The molecule has 3 aromatic carbocycles. The number of benzene rings is 3. The number of anilines is 2. The van der Waals surface area contributed by atoms with Crippen LogP contribution in [0.15, 0.2) is 87.2 Å². The molecule has 0 bridgehead atoms. The van der Waals surface area contributed by atoms with Crippen molar-refractivity contribution in [3.05, 3.63) is 105 Å². The first-order valence-electron chi connectivity index (χ1n) is 10.7. The van der Waals surface area contributed by atoms with Gasteiger partial charge in [-0.15, -0.1) is 0 Å². The van der Waals surface area contributed by atoms with Gasteiger partial charge < -0.3 is 4.42 Å². The van der Waals surface area contributed by atoms with Crippen LogP contribution in [0.25, 0.3) is 11.3 Å². The first kappa shape index (κ1) is 25.0. The molecule has 36 heavy (non-hydrogen) atoms. The number of hydrogen-bond donors (Lipinski definition) is 2. The van der Waals surface area contributed by atoms with Crippen LogP contribution in [-0.2, 0) is 10.0 Å². The molecule has 0 amide bonds. The van der Waals surface area contributed by atoms with Crippen molar-refractivity contribution in [2.24, 2.45) is 5.10 Å². The standard InChI is InChI=1S/C25H21ClN4O5S/c1-16-7-10-22(17(2)13-16)29-36(33,34)25-14-18(30(31)32)8-11-23(25)28-27-15-19-9-12-24(35-19)20-5-3-4-6-21(20)26/h3-15,28-29H,1-2H3/b27-15+. The monoisotopic (exact) mass is 524 g/mol. The maximum Gasteiger partial charge on any atom is 0.270 e. The minimum atomic E-state index is -4.20. The lowest BCUT2D eigenvalue weighted by Crippen LogP contribution is -2.15. The number of nitrogens with one attached hydrogen (secondary N) is 2. The molecule has 0 aliphatic heterocycles. The zero-order chi connectivity index (χ0) is 25.9. The lowest BCUT2D eigenvalue weighted by Gasteiger charge is -2.14. The van der Waals surface area contributed by atoms with E-state index in [1.54, 1.807) is 37.3 Å². The Morgan fingerprint density at radius 1 is 1.00 bits per heavy atom. The lowest BCUT2D eigenvalue weighted by molar-refractivity contribution is -0.385. The molecule has 1 heterocycles. The number of hydrazone groups is 1. The number of nitrogens with zero attached hydrogens (tertiary/aromatic N) is 2. The zero-order valence-electron chi connectivity index (χ0n) is 19.2. The number of hydrogen-bond acceptors (Lipinski definition) is 7. The van der Waals surface area contributed by atoms with Gasteiger partial charge >= 0.3 is 0 Å². The maximum absolute atomic E-state index is 13.2. The third kappa shape index (κ3) is 5.56. The third-order valence-corrected chi connectivity index (χ3v) is 6.97. The molecule has 0 aliphatic rings. The van der Waals surface area contributed by atoms with E-state index in [4.69, 9.17) is 16.0 Å². The highest BCUT2D eigenvalue weighted by Gasteiger charge is 2.23. The number of halogens is 1. The van der Waals surface area contributed by atoms with Crippen LogP contribution in [0.2, 0.25) is 5.02 Å². The molecule has 4 rings (SSSR count). The van der Waals surface area contributed by atoms with Crippen LogP contribution in [0.3, 0.4) is 0 Å². The molecular formula is C25H21ClN4O5S. The molecule has 0 atom stereocenters. The van der Waals surface area contributed by atoms with E-state index in [0.29, 0.717) is 33.4 Å². The Labute approximate surface area is 212 Å². The lowest BCUT2D eigenvalue weighted by atomic mass is 10.1. The quantitative estimate of drug-likeness (QED) is 0.156. The number of aryl methyl sites for hydroxylation is 2. The van der Waals surface area contributed by atoms with E-state index in [0.717, 1.165) is 11.6 Å². The van der Waals surface area contributed by atoms with Gasteiger partial charge in [0.25, 0.3) is 15.7 Å². The molecule has 0 saturated heterocycles. The summed E-state index contributed by atoms with van der Waals surface area (Å²) in [5.41, 5.74) is 5.08. The Kier molecular flexibility index (Phi) is 7.09. The predicted molar refractivity (Wildman–Crippen MR) is 140 cm³/mol. The van der Waals surface area contributed by atoms with E-state index in [2.05, 4.69) is 15.2 Å². The number of nitro benzene ring substituents is 1. The van der Waals surface area contributed by atoms with Gasteiger partial charge in [-0.25, -0.2) is 8.42 Å². The summed E-state index contributed by atoms with van der Waals surface area (Å²) < 4.78 is 34.6. The van der Waals surface area contributed by atoms with Gasteiger partial charge in [-0.2, -0.15) is 5.10 Å². The average Bonchev–Trinajstić information content (AvgIpc) is 3.30. The largest absolute Gasteiger partial charge is 0.455 e. The van der Waals surface area contributed by atoms with Crippen molar-refractivity contribution in [2.75, 3.05) is 10.1 Å². The van der Waals surface area contributed by atoms with E-state index in [9.17, 15) is 18.5 Å². The fourth-order valence-corrected chi connectivity index (χ4v) is 5.00. The fraction of sp³-hybridized carbons (Fsp3) is 0.0800. The van der Waals surface area contributed by atoms with Crippen molar-refractivity contribution in [1.82, 2.24) is 0 Å². The summed E-state index contributed by atoms with van der Waals surface area (Å²) in [6.07, 6.45) is 1.36. The summed E-state index contributed by atoms with van der Waals surface area (Å²) in [6, 6.07) is 19.3. The van der Waals surface area contributed by atoms with Crippen molar-refractivity contribution in [3.8, 4) is 11.3 Å². The van der Waals surface area contributed by atoms with Crippen LogP contribution in [-0.4, -0.2) is 19.6 Å². The smallest absolute Gasteiger partial charge is 0.270 e. The van der Waals surface area contributed by atoms with Crippen LogP contribution in [0, 0.1) is 24.0 Å². The SMILES string of the molecule is Cc1ccc(NS(=O)(=O)c2cc([N+](=O)[O-])ccc2N/N=C/c2ccc(-c3ccccc3Cl)o2)c(C)c1. The molecule has 0 unspecified atom stereocenters. The van der Waals surface area contributed by atoms with E-state index in [1.807, 2.05) is 31.2 Å². The molecular weight excluding hydrogens is 504 g/mol. The van der Waals surface area contributed by atoms with Gasteiger partial charge in [0.2, 0.25) is 0 Å². The van der Waals surface area contributed by atoms with E-state index in [-0.39, 0.29) is 16.3 Å². The molecule has 0 fully saturated rings. The maximum atomic E-state index is 13.2. The highest BCUT2D eigenvalue weighted by Crippen LogP contribution is 2.30. The van der Waals surface area contributed by atoms with Gasteiger partial charge in [0.1, 0.15) is 16.4 Å². The summed E-state index contributed by atoms with van der Waals surface area (Å²) in [5.74, 6) is 0.926. The highest BCUT2D eigenvalue weighted by molar-refractivity contribution is 7.92. The Morgan fingerprint density at radius 3 is 2.47 bits per heavy atom. The number of sulfonamides is 1. The van der Waals surface area contributed by atoms with Gasteiger partial charge in [-0.05, 0) is 55.8 Å². The third-order valence-electron chi connectivity index (χ3n) is 5.23. The van der Waals surface area contributed by atoms with Gasteiger partial charge in [0.15, 0.2) is 0 Å². The van der Waals surface area contributed by atoms with Crippen LogP contribution in [0.5, 0.6) is 0 Å². The minimum Gasteiger partial charge on any atom is -0.455 e. The molecule has 0 aliphatic carbocycles. The molecule has 11 heteroatoms. The Morgan fingerprint density at radius 2 is 1.75 bits per heavy atom. The van der Waals surface area contributed by atoms with Gasteiger partial charge in [0.05, 0.1) is 27.5 Å². The van der Waals surface area contributed by atoms with E-state index in [1.165, 1.54) is 18.3 Å². The second-order valence-electron chi connectivity index (χ2n) is 7.91. The fourth-order valence-electron chi connectivity index (χ4n) is 3.46. The second kappa shape index (κ2) is 10.2. The summed E-state index contributed by atoms with van der Waals surface area (Å²) in [5, 5.41) is 15.9. The Bertz CT molecular complexity index is 1580. The van der Waals surface area contributed by atoms with Crippen molar-refractivity contribution in [2.45, 2.75) is 18.7 Å². The van der Waals surface area contributed by atoms with Crippen LogP contribution in [0.1, 0.15) is 16.9 Å². The van der Waals surface area contributed by atoms with E-state index < -0.39 is 14.9 Å². The van der Waals surface area contributed by atoms with Gasteiger partial charge in [-0.3, -0.25) is 20.3 Å². The Balaban J connectivity index is 1.61. The molecule has 1 aromatic heterocycles. The number of furan rings is 1. The van der Waals surface area contributed by atoms with Crippen LogP contribution >= 0.6 is 11.6 Å². The number of non-ortho nitro benzene ring substituents is 1. The summed E-state index contributed by atoms with van der Waals surface area (Å²) >= 11 is 6.21. The van der Waals surface area contributed by atoms with Crippen LogP contribution in [0.4, 0.5) is 17.1 Å². The van der Waals surface area contributed by atoms with Gasteiger partial charge in [-0.1, -0.05) is 41.4 Å². The van der Waals surface area contributed by atoms with Crippen molar-refractivity contribution in [3.63, 3.8) is 0 Å².